The van der Waals surface area contributed by atoms with E-state index in [1.807, 2.05) is 7.05 Å². The predicted molar refractivity (Wildman–Crippen MR) is 73.9 cm³/mol. The van der Waals surface area contributed by atoms with E-state index >= 15 is 0 Å². The number of nitrogens with zero attached hydrogens (tertiary/aromatic N) is 2. The van der Waals surface area contributed by atoms with Gasteiger partial charge in [-0.1, -0.05) is 6.92 Å². The molecule has 1 aliphatic rings. The first-order valence-corrected chi connectivity index (χ1v) is 6.99. The van der Waals surface area contributed by atoms with Crippen molar-refractivity contribution in [1.29, 1.82) is 0 Å². The monoisotopic (exact) mass is 270 g/mol. The highest BCUT2D eigenvalue weighted by Crippen LogP contribution is 2.19. The summed E-state index contributed by atoms with van der Waals surface area (Å²) in [5, 5.41) is 8.94. The largest absolute Gasteiger partial charge is 0.481 e. The van der Waals surface area contributed by atoms with E-state index in [0.29, 0.717) is 32.5 Å². The number of likely N-dealkylation sites (tertiary alicyclic amines) is 1. The molecule has 5 heteroatoms. The minimum Gasteiger partial charge on any atom is -0.481 e. The van der Waals surface area contributed by atoms with Gasteiger partial charge in [0.05, 0.1) is 12.5 Å². The quantitative estimate of drug-likeness (QED) is 0.821. The Bertz CT molecular complexity index is 334. The number of likely N-dealkylation sites (N-methyl/N-ethyl adjacent to an activating group) is 1. The van der Waals surface area contributed by atoms with Crippen molar-refractivity contribution in [1.82, 2.24) is 9.80 Å². The van der Waals surface area contributed by atoms with Gasteiger partial charge < -0.3 is 10.0 Å². The summed E-state index contributed by atoms with van der Waals surface area (Å²) in [6.45, 7) is 7.89. The smallest absolute Gasteiger partial charge is 0.306 e. The molecular formula is C14H26N2O3. The van der Waals surface area contributed by atoms with Crippen LogP contribution >= 0.6 is 0 Å². The third kappa shape index (κ3) is 4.20. The molecule has 0 bridgehead atoms. The molecule has 110 valence electrons. The summed E-state index contributed by atoms with van der Waals surface area (Å²) in [6.07, 6.45) is 2.13. The molecule has 0 atom stereocenters. The molecule has 0 radical (unpaired) electrons. The van der Waals surface area contributed by atoms with Crippen LogP contribution in [0.3, 0.4) is 0 Å². The van der Waals surface area contributed by atoms with Gasteiger partial charge in [0.1, 0.15) is 0 Å². The van der Waals surface area contributed by atoms with Crippen molar-refractivity contribution in [3.8, 4) is 0 Å². The van der Waals surface area contributed by atoms with Gasteiger partial charge in [0.15, 0.2) is 0 Å². The molecule has 0 saturated carbocycles. The Labute approximate surface area is 115 Å². The minimum absolute atomic E-state index is 0.00897. The van der Waals surface area contributed by atoms with Gasteiger partial charge in [0, 0.05) is 18.6 Å². The van der Waals surface area contributed by atoms with Crippen LogP contribution in [0.25, 0.3) is 0 Å². The topological polar surface area (TPSA) is 60.9 Å². The summed E-state index contributed by atoms with van der Waals surface area (Å²) in [6, 6.07) is 0. The highest BCUT2D eigenvalue weighted by atomic mass is 16.4. The van der Waals surface area contributed by atoms with E-state index in [4.69, 9.17) is 5.11 Å². The summed E-state index contributed by atoms with van der Waals surface area (Å²) in [4.78, 5) is 26.9. The third-order valence-corrected chi connectivity index (χ3v) is 4.47. The maximum absolute atomic E-state index is 12.2. The molecule has 1 saturated heterocycles. The van der Waals surface area contributed by atoms with Gasteiger partial charge in [0.2, 0.25) is 5.91 Å². The molecule has 0 aromatic rings. The molecule has 1 amide bonds. The molecule has 1 aliphatic heterocycles. The summed E-state index contributed by atoms with van der Waals surface area (Å²) < 4.78 is 0. The van der Waals surface area contributed by atoms with Gasteiger partial charge in [-0.3, -0.25) is 14.5 Å². The first kappa shape index (κ1) is 16.0. The Morgan fingerprint density at radius 1 is 1.32 bits per heavy atom. The van der Waals surface area contributed by atoms with Crippen LogP contribution in [0.4, 0.5) is 0 Å². The van der Waals surface area contributed by atoms with Crippen LogP contribution in [0, 0.1) is 5.92 Å². The van der Waals surface area contributed by atoms with Gasteiger partial charge in [-0.2, -0.15) is 0 Å². The average Bonchev–Trinajstić information content (AvgIpc) is 2.38. The van der Waals surface area contributed by atoms with Crippen molar-refractivity contribution in [3.63, 3.8) is 0 Å². The maximum atomic E-state index is 12.2. The summed E-state index contributed by atoms with van der Waals surface area (Å²) >= 11 is 0. The van der Waals surface area contributed by atoms with E-state index in [0.717, 1.165) is 6.42 Å². The van der Waals surface area contributed by atoms with E-state index in [-0.39, 0.29) is 17.4 Å². The molecule has 1 heterocycles. The minimum atomic E-state index is -0.740. The third-order valence-electron chi connectivity index (χ3n) is 4.47. The second kappa shape index (κ2) is 6.37. The van der Waals surface area contributed by atoms with Crippen LogP contribution < -0.4 is 0 Å². The number of hydrogen-bond acceptors (Lipinski definition) is 3. The lowest BCUT2D eigenvalue weighted by Gasteiger charge is -2.37. The number of hydrogen-bond donors (Lipinski definition) is 1. The Morgan fingerprint density at radius 3 is 2.26 bits per heavy atom. The normalized spacial score (nSPS) is 17.8. The molecule has 1 rings (SSSR count). The van der Waals surface area contributed by atoms with Gasteiger partial charge in [-0.25, -0.2) is 0 Å². The van der Waals surface area contributed by atoms with Gasteiger partial charge in [0.25, 0.3) is 0 Å². The number of rotatable bonds is 5. The van der Waals surface area contributed by atoms with Crippen molar-refractivity contribution in [2.45, 2.75) is 45.6 Å². The maximum Gasteiger partial charge on any atom is 0.306 e. The van der Waals surface area contributed by atoms with E-state index < -0.39 is 5.97 Å². The average molecular weight is 270 g/mol. The lowest BCUT2D eigenvalue weighted by atomic mass is 9.97. The molecule has 0 unspecified atom stereocenters. The first-order valence-electron chi connectivity index (χ1n) is 6.99. The number of carboxylic acid groups (broad SMARTS) is 1. The molecule has 0 aliphatic carbocycles. The van der Waals surface area contributed by atoms with Crippen LogP contribution in [-0.2, 0) is 9.59 Å². The summed E-state index contributed by atoms with van der Waals surface area (Å²) in [5.41, 5.74) is 0.00897. The highest BCUT2D eigenvalue weighted by molar-refractivity contribution is 5.79. The molecular weight excluding hydrogens is 244 g/mol. The van der Waals surface area contributed by atoms with E-state index in [9.17, 15) is 9.59 Å². The Morgan fingerprint density at radius 2 is 1.84 bits per heavy atom. The van der Waals surface area contributed by atoms with Crippen molar-refractivity contribution in [3.05, 3.63) is 0 Å². The van der Waals surface area contributed by atoms with E-state index in [1.54, 1.807) is 4.90 Å². The molecule has 0 spiro atoms. The van der Waals surface area contributed by atoms with Crippen LogP contribution in [-0.4, -0.2) is 59.0 Å². The fourth-order valence-corrected chi connectivity index (χ4v) is 2.16. The predicted octanol–water partition coefficient (Wildman–Crippen LogP) is 1.43. The molecule has 0 aromatic heterocycles. The lowest BCUT2D eigenvalue weighted by Crippen LogP contribution is -2.49. The second-order valence-electron chi connectivity index (χ2n) is 6.02. The number of carbonyl (C=O) groups excluding carboxylic acids is 1. The number of carbonyl (C=O) groups is 2. The van der Waals surface area contributed by atoms with Crippen LogP contribution in [0.5, 0.6) is 0 Å². The molecule has 5 nitrogen and oxygen atoms in total. The van der Waals surface area contributed by atoms with Crippen molar-refractivity contribution < 1.29 is 14.7 Å². The number of amides is 1. The summed E-state index contributed by atoms with van der Waals surface area (Å²) in [5.74, 6) is -0.918. The Kier molecular flexibility index (Phi) is 5.35. The first-order chi connectivity index (χ1) is 8.77. The van der Waals surface area contributed by atoms with Gasteiger partial charge >= 0.3 is 5.97 Å². The second-order valence-corrected chi connectivity index (χ2v) is 6.02. The number of carboxylic acids is 1. The van der Waals surface area contributed by atoms with Gasteiger partial charge in [-0.05, 0) is 40.2 Å². The summed E-state index contributed by atoms with van der Waals surface area (Å²) in [7, 11) is 1.96. The highest BCUT2D eigenvalue weighted by Gasteiger charge is 2.29. The number of piperidine rings is 1. The zero-order valence-electron chi connectivity index (χ0n) is 12.5. The van der Waals surface area contributed by atoms with Crippen LogP contribution in [0.2, 0.25) is 0 Å². The molecule has 1 N–H and O–H groups in total. The van der Waals surface area contributed by atoms with E-state index in [1.165, 1.54) is 0 Å². The Hall–Kier alpha value is -1.10. The van der Waals surface area contributed by atoms with Crippen molar-refractivity contribution in [2.24, 2.45) is 5.92 Å². The van der Waals surface area contributed by atoms with Crippen LogP contribution in [0.1, 0.15) is 40.0 Å². The number of aliphatic carboxylic acids is 1. The van der Waals surface area contributed by atoms with Gasteiger partial charge in [-0.15, -0.1) is 0 Å². The van der Waals surface area contributed by atoms with Crippen molar-refractivity contribution >= 4 is 11.9 Å². The fraction of sp³-hybridized carbons (Fsp3) is 0.857. The van der Waals surface area contributed by atoms with Crippen LogP contribution in [0.15, 0.2) is 0 Å². The van der Waals surface area contributed by atoms with E-state index in [2.05, 4.69) is 25.7 Å². The standard InChI is InChI=1S/C14H26N2O3/c1-5-14(2,3)15(4)10-12(17)16-8-6-11(7-9-16)13(18)19/h11H,5-10H2,1-4H3,(H,18,19). The zero-order valence-corrected chi connectivity index (χ0v) is 12.5. The zero-order chi connectivity index (χ0) is 14.6. The fourth-order valence-electron chi connectivity index (χ4n) is 2.16. The molecule has 0 aromatic carbocycles. The molecule has 1 fully saturated rings. The SMILES string of the molecule is CCC(C)(C)N(C)CC(=O)N1CCC(C(=O)O)CC1. The molecule has 19 heavy (non-hydrogen) atoms. The van der Waals surface area contributed by atoms with Crippen molar-refractivity contribution in [2.75, 3.05) is 26.7 Å². The lowest BCUT2D eigenvalue weighted by molar-refractivity contribution is -0.146. The Balaban J connectivity index is 2.46.